The van der Waals surface area contributed by atoms with Crippen molar-refractivity contribution in [1.82, 2.24) is 5.32 Å². The Bertz CT molecular complexity index is 504. The summed E-state index contributed by atoms with van der Waals surface area (Å²) in [5, 5.41) is 2.67. The van der Waals surface area contributed by atoms with Gasteiger partial charge in [0.25, 0.3) is 5.91 Å². The molecule has 1 unspecified atom stereocenters. The van der Waals surface area contributed by atoms with E-state index in [9.17, 15) is 18.0 Å². The van der Waals surface area contributed by atoms with Crippen molar-refractivity contribution in [3.63, 3.8) is 0 Å². The van der Waals surface area contributed by atoms with Crippen LogP contribution in [0.2, 0.25) is 0 Å². The summed E-state index contributed by atoms with van der Waals surface area (Å²) in [4.78, 5) is 12.0. The molecule has 0 heterocycles. The smallest absolute Gasteiger partial charge is 0.398 e. The molecule has 20 heavy (non-hydrogen) atoms. The molecule has 0 aliphatic carbocycles. The van der Waals surface area contributed by atoms with Gasteiger partial charge >= 0.3 is 6.18 Å². The van der Waals surface area contributed by atoms with E-state index in [-0.39, 0.29) is 22.7 Å². The molecular weight excluding hydrogens is 269 g/mol. The molecule has 3 nitrogen and oxygen atoms in total. The number of alkyl halides is 3. The van der Waals surface area contributed by atoms with E-state index >= 15 is 0 Å². The molecule has 1 rings (SSSR count). The zero-order chi connectivity index (χ0) is 15.7. The molecule has 1 aromatic rings. The SMILES string of the molecule is CC(NC(=O)c1cc(C(F)(F)F)ccc1N)C(C)(C)C. The number of rotatable bonds is 2. The van der Waals surface area contributed by atoms with Gasteiger partial charge in [-0.1, -0.05) is 20.8 Å². The van der Waals surface area contributed by atoms with Crippen LogP contribution in [0.5, 0.6) is 0 Å². The lowest BCUT2D eigenvalue weighted by Gasteiger charge is -2.28. The van der Waals surface area contributed by atoms with E-state index < -0.39 is 17.6 Å². The van der Waals surface area contributed by atoms with Crippen molar-refractivity contribution in [2.45, 2.75) is 39.9 Å². The van der Waals surface area contributed by atoms with Gasteiger partial charge in [0.2, 0.25) is 0 Å². The maximum Gasteiger partial charge on any atom is 0.416 e. The number of anilines is 1. The minimum Gasteiger partial charge on any atom is -0.398 e. The third-order valence-electron chi connectivity index (χ3n) is 3.27. The number of carbonyl (C=O) groups is 1. The molecule has 0 fully saturated rings. The number of hydrogen-bond acceptors (Lipinski definition) is 2. The molecule has 3 N–H and O–H groups in total. The summed E-state index contributed by atoms with van der Waals surface area (Å²) in [7, 11) is 0. The Morgan fingerprint density at radius 3 is 2.25 bits per heavy atom. The molecular formula is C14H19F3N2O. The van der Waals surface area contributed by atoms with Gasteiger partial charge in [0.15, 0.2) is 0 Å². The molecule has 1 amide bonds. The van der Waals surface area contributed by atoms with Gasteiger partial charge < -0.3 is 11.1 Å². The molecule has 0 aliphatic heterocycles. The number of benzene rings is 1. The molecule has 0 aliphatic rings. The van der Waals surface area contributed by atoms with Crippen molar-refractivity contribution in [2.75, 3.05) is 5.73 Å². The van der Waals surface area contributed by atoms with E-state index in [1.165, 1.54) is 0 Å². The number of halogens is 3. The molecule has 0 saturated heterocycles. The lowest BCUT2D eigenvalue weighted by Crippen LogP contribution is -2.41. The molecule has 6 heteroatoms. The van der Waals surface area contributed by atoms with E-state index in [1.807, 2.05) is 20.8 Å². The Labute approximate surface area is 116 Å². The van der Waals surface area contributed by atoms with Gasteiger partial charge in [-0.25, -0.2) is 0 Å². The Morgan fingerprint density at radius 1 is 1.25 bits per heavy atom. The number of nitrogens with two attached hydrogens (primary N) is 1. The van der Waals surface area contributed by atoms with Crippen molar-refractivity contribution < 1.29 is 18.0 Å². The van der Waals surface area contributed by atoms with Gasteiger partial charge in [0.1, 0.15) is 0 Å². The standard InChI is InChI=1S/C14H19F3N2O/c1-8(13(2,3)4)19-12(20)10-7-9(14(15,16)17)5-6-11(10)18/h5-8H,18H2,1-4H3,(H,19,20). The largest absolute Gasteiger partial charge is 0.416 e. The number of carbonyl (C=O) groups excluding carboxylic acids is 1. The van der Waals surface area contributed by atoms with Crippen molar-refractivity contribution in [3.05, 3.63) is 29.3 Å². The Morgan fingerprint density at radius 2 is 1.80 bits per heavy atom. The Kier molecular flexibility index (Phi) is 4.36. The van der Waals surface area contributed by atoms with Crippen molar-refractivity contribution in [2.24, 2.45) is 5.41 Å². The quantitative estimate of drug-likeness (QED) is 0.819. The van der Waals surface area contributed by atoms with Crippen LogP contribution in [0.15, 0.2) is 18.2 Å². The summed E-state index contributed by atoms with van der Waals surface area (Å²) in [6.45, 7) is 7.57. The first-order chi connectivity index (χ1) is 8.93. The molecule has 0 saturated carbocycles. The van der Waals surface area contributed by atoms with Crippen LogP contribution in [0, 0.1) is 5.41 Å². The second-order valence-electron chi connectivity index (χ2n) is 5.86. The fourth-order valence-electron chi connectivity index (χ4n) is 1.42. The van der Waals surface area contributed by atoms with Crippen LogP contribution in [0.4, 0.5) is 18.9 Å². The average Bonchev–Trinajstić information content (AvgIpc) is 2.26. The summed E-state index contributed by atoms with van der Waals surface area (Å²) in [6.07, 6.45) is -4.50. The van der Waals surface area contributed by atoms with Gasteiger partial charge in [0.05, 0.1) is 11.1 Å². The van der Waals surface area contributed by atoms with E-state index in [4.69, 9.17) is 5.73 Å². The summed E-state index contributed by atoms with van der Waals surface area (Å²) in [5.74, 6) is -0.601. The van der Waals surface area contributed by atoms with Crippen LogP contribution in [-0.4, -0.2) is 11.9 Å². The zero-order valence-electron chi connectivity index (χ0n) is 11.9. The zero-order valence-corrected chi connectivity index (χ0v) is 11.9. The minimum atomic E-state index is -4.50. The Balaban J connectivity index is 3.04. The lowest BCUT2D eigenvalue weighted by molar-refractivity contribution is -0.137. The van der Waals surface area contributed by atoms with Gasteiger partial charge in [-0.2, -0.15) is 13.2 Å². The third-order valence-corrected chi connectivity index (χ3v) is 3.27. The fourth-order valence-corrected chi connectivity index (χ4v) is 1.42. The van der Waals surface area contributed by atoms with Crippen LogP contribution < -0.4 is 11.1 Å². The predicted molar refractivity (Wildman–Crippen MR) is 72.2 cm³/mol. The van der Waals surface area contributed by atoms with Crippen molar-refractivity contribution >= 4 is 11.6 Å². The number of hydrogen-bond donors (Lipinski definition) is 2. The second kappa shape index (κ2) is 5.34. The molecule has 1 aromatic carbocycles. The monoisotopic (exact) mass is 288 g/mol. The molecule has 0 radical (unpaired) electrons. The average molecular weight is 288 g/mol. The van der Waals surface area contributed by atoms with Gasteiger partial charge in [-0.3, -0.25) is 4.79 Å². The Hall–Kier alpha value is -1.72. The van der Waals surface area contributed by atoms with Gasteiger partial charge in [-0.15, -0.1) is 0 Å². The van der Waals surface area contributed by atoms with Crippen LogP contribution in [-0.2, 0) is 6.18 Å². The number of amides is 1. The molecule has 0 aromatic heterocycles. The molecule has 0 bridgehead atoms. The molecule has 112 valence electrons. The molecule has 1 atom stereocenters. The highest BCUT2D eigenvalue weighted by molar-refractivity contribution is 5.99. The number of nitrogen functional groups attached to an aromatic ring is 1. The predicted octanol–water partition coefficient (Wildman–Crippen LogP) is 3.45. The minimum absolute atomic E-state index is 0.0246. The highest BCUT2D eigenvalue weighted by Gasteiger charge is 2.32. The first kappa shape index (κ1) is 16.3. The third kappa shape index (κ3) is 3.88. The fraction of sp³-hybridized carbons (Fsp3) is 0.500. The van der Waals surface area contributed by atoms with Gasteiger partial charge in [0, 0.05) is 11.7 Å². The summed E-state index contributed by atoms with van der Waals surface area (Å²) in [5.41, 5.74) is 4.37. The van der Waals surface area contributed by atoms with Gasteiger partial charge in [-0.05, 0) is 30.5 Å². The van der Waals surface area contributed by atoms with E-state index in [1.54, 1.807) is 6.92 Å². The van der Waals surface area contributed by atoms with E-state index in [0.717, 1.165) is 18.2 Å². The second-order valence-corrected chi connectivity index (χ2v) is 5.86. The van der Waals surface area contributed by atoms with E-state index in [2.05, 4.69) is 5.32 Å². The van der Waals surface area contributed by atoms with Crippen LogP contribution in [0.3, 0.4) is 0 Å². The first-order valence-corrected chi connectivity index (χ1v) is 6.20. The highest BCUT2D eigenvalue weighted by Crippen LogP contribution is 2.31. The highest BCUT2D eigenvalue weighted by atomic mass is 19.4. The maximum absolute atomic E-state index is 12.6. The van der Waals surface area contributed by atoms with Crippen molar-refractivity contribution in [1.29, 1.82) is 0 Å². The number of nitrogens with one attached hydrogen (secondary N) is 1. The summed E-state index contributed by atoms with van der Waals surface area (Å²) < 4.78 is 37.9. The first-order valence-electron chi connectivity index (χ1n) is 6.20. The topological polar surface area (TPSA) is 55.1 Å². The lowest BCUT2D eigenvalue weighted by atomic mass is 9.88. The normalized spacial score (nSPS) is 13.9. The van der Waals surface area contributed by atoms with Crippen LogP contribution in [0.25, 0.3) is 0 Å². The maximum atomic E-state index is 12.6. The van der Waals surface area contributed by atoms with Crippen LogP contribution >= 0.6 is 0 Å². The summed E-state index contributed by atoms with van der Waals surface area (Å²) in [6, 6.07) is 2.53. The van der Waals surface area contributed by atoms with Crippen LogP contribution in [0.1, 0.15) is 43.6 Å². The van der Waals surface area contributed by atoms with E-state index in [0.29, 0.717) is 0 Å². The molecule has 0 spiro atoms. The van der Waals surface area contributed by atoms with Crippen molar-refractivity contribution in [3.8, 4) is 0 Å². The summed E-state index contributed by atoms with van der Waals surface area (Å²) >= 11 is 0.